The smallest absolute Gasteiger partial charge is 0.246 e. The summed E-state index contributed by atoms with van der Waals surface area (Å²) in [7, 11) is 0. The molecule has 0 saturated carbocycles. The molecule has 12 aromatic rings. The van der Waals surface area contributed by atoms with E-state index in [0.717, 1.165) is 50.6 Å². The van der Waals surface area contributed by atoms with Crippen molar-refractivity contribution in [3.8, 4) is 51.0 Å². The third kappa shape index (κ3) is 6.61. The van der Waals surface area contributed by atoms with Crippen molar-refractivity contribution >= 4 is 72.7 Å². The van der Waals surface area contributed by atoms with Crippen LogP contribution < -0.4 is 21.3 Å². The number of benzene rings is 10. The number of hydrogen-bond donors (Lipinski definition) is 0. The summed E-state index contributed by atoms with van der Waals surface area (Å²) in [5.74, 6) is 1.88. The second-order valence-corrected chi connectivity index (χ2v) is 17.2. The van der Waals surface area contributed by atoms with E-state index in [-0.39, 0.29) is 6.71 Å². The Bertz CT molecular complexity index is 3760. The molecule has 0 radical (unpaired) electrons. The van der Waals surface area contributed by atoms with Crippen LogP contribution in [0.2, 0.25) is 0 Å². The predicted octanol–water partition coefficient (Wildman–Crippen LogP) is 13.1. The van der Waals surface area contributed by atoms with E-state index in [0.29, 0.717) is 17.5 Å². The second kappa shape index (κ2) is 16.0. The topological polar surface area (TPSA) is 46.8 Å². The summed E-state index contributed by atoms with van der Waals surface area (Å²) < 4.78 is 2.51. The van der Waals surface area contributed by atoms with Crippen LogP contribution in [0.3, 0.4) is 0 Å². The normalized spacial score (nSPS) is 11.9. The molecule has 3 heterocycles. The number of rotatable bonds is 8. The Hall–Kier alpha value is -8.87. The van der Waals surface area contributed by atoms with E-state index in [1.54, 1.807) is 0 Å². The molecule has 10 aromatic carbocycles. The molecule has 0 unspecified atom stereocenters. The fourth-order valence-electron chi connectivity index (χ4n) is 10.3. The Balaban J connectivity index is 1.08. The number of para-hydroxylation sites is 2. The van der Waals surface area contributed by atoms with E-state index in [4.69, 9.17) is 15.0 Å². The minimum absolute atomic E-state index is 0.118. The third-order valence-electron chi connectivity index (χ3n) is 13.2. The first kappa shape index (κ1) is 38.6. The number of aromatic nitrogens is 4. The van der Waals surface area contributed by atoms with Crippen LogP contribution in [0.25, 0.3) is 83.6 Å². The number of fused-ring (bicyclic) bond motifs is 7. The molecule has 0 saturated heterocycles. The predicted molar refractivity (Wildman–Crippen MR) is 279 cm³/mol. The zero-order valence-corrected chi connectivity index (χ0v) is 36.4. The van der Waals surface area contributed by atoms with Crippen LogP contribution in [0.5, 0.6) is 0 Å². The molecular formula is C61H40BN5. The first-order chi connectivity index (χ1) is 33.2. The molecule has 1 aliphatic heterocycles. The minimum atomic E-state index is -0.118. The van der Waals surface area contributed by atoms with Crippen molar-refractivity contribution in [2.45, 2.75) is 0 Å². The van der Waals surface area contributed by atoms with Crippen LogP contribution in [-0.4, -0.2) is 26.2 Å². The summed E-state index contributed by atoms with van der Waals surface area (Å²) in [6.45, 7) is -0.118. The maximum Gasteiger partial charge on any atom is 0.246 e. The van der Waals surface area contributed by atoms with E-state index in [1.165, 1.54) is 49.0 Å². The molecule has 0 spiro atoms. The molecule has 0 aliphatic carbocycles. The van der Waals surface area contributed by atoms with Crippen LogP contribution >= 0.6 is 0 Å². The monoisotopic (exact) mass is 853 g/mol. The quantitative estimate of drug-likeness (QED) is 0.143. The van der Waals surface area contributed by atoms with Crippen LogP contribution in [0.4, 0.5) is 17.1 Å². The summed E-state index contributed by atoms with van der Waals surface area (Å²) in [5.41, 5.74) is 15.5. The van der Waals surface area contributed by atoms with Gasteiger partial charge in [0, 0.05) is 55.7 Å². The highest BCUT2D eigenvalue weighted by molar-refractivity contribution is 6.98. The molecule has 5 nitrogen and oxygen atoms in total. The van der Waals surface area contributed by atoms with E-state index in [9.17, 15) is 0 Å². The number of nitrogens with zero attached hydrogens (tertiary/aromatic N) is 5. The highest BCUT2D eigenvalue weighted by atomic mass is 15.1. The van der Waals surface area contributed by atoms with E-state index in [1.807, 2.05) is 24.3 Å². The first-order valence-electron chi connectivity index (χ1n) is 22.8. The van der Waals surface area contributed by atoms with Gasteiger partial charge in [-0.05, 0) is 93.5 Å². The molecule has 0 N–H and O–H groups in total. The number of hydrogen-bond acceptors (Lipinski definition) is 4. The van der Waals surface area contributed by atoms with Gasteiger partial charge in [0.1, 0.15) is 0 Å². The maximum atomic E-state index is 5.31. The molecule has 0 amide bonds. The van der Waals surface area contributed by atoms with Crippen LogP contribution in [0.15, 0.2) is 243 Å². The van der Waals surface area contributed by atoms with Crippen LogP contribution in [0.1, 0.15) is 0 Å². The fourth-order valence-corrected chi connectivity index (χ4v) is 10.3. The van der Waals surface area contributed by atoms with E-state index >= 15 is 0 Å². The summed E-state index contributed by atoms with van der Waals surface area (Å²) in [6, 6.07) is 86.6. The van der Waals surface area contributed by atoms with Crippen molar-refractivity contribution in [1.29, 1.82) is 0 Å². The average molecular weight is 854 g/mol. The Morgan fingerprint density at radius 2 is 0.910 bits per heavy atom. The van der Waals surface area contributed by atoms with Gasteiger partial charge < -0.3 is 9.47 Å². The summed E-state index contributed by atoms with van der Waals surface area (Å²) >= 11 is 0. The van der Waals surface area contributed by atoms with Gasteiger partial charge in [-0.25, -0.2) is 15.0 Å². The Labute approximate surface area is 389 Å². The zero-order chi connectivity index (χ0) is 44.3. The third-order valence-corrected chi connectivity index (χ3v) is 13.2. The van der Waals surface area contributed by atoms with Gasteiger partial charge in [0.25, 0.3) is 0 Å². The van der Waals surface area contributed by atoms with Gasteiger partial charge in [0.15, 0.2) is 17.5 Å². The van der Waals surface area contributed by atoms with E-state index < -0.39 is 0 Å². The molecule has 6 heteroatoms. The van der Waals surface area contributed by atoms with Crippen molar-refractivity contribution in [3.05, 3.63) is 243 Å². The van der Waals surface area contributed by atoms with Gasteiger partial charge in [0.05, 0.1) is 5.52 Å². The maximum absolute atomic E-state index is 5.31. The second-order valence-electron chi connectivity index (χ2n) is 17.2. The lowest BCUT2D eigenvalue weighted by molar-refractivity contribution is 1.07. The largest absolute Gasteiger partial charge is 0.311 e. The first-order valence-corrected chi connectivity index (χ1v) is 22.8. The highest BCUT2D eigenvalue weighted by Gasteiger charge is 2.35. The van der Waals surface area contributed by atoms with Crippen molar-refractivity contribution in [1.82, 2.24) is 19.5 Å². The van der Waals surface area contributed by atoms with Crippen molar-refractivity contribution < 1.29 is 0 Å². The lowest BCUT2D eigenvalue weighted by Crippen LogP contribution is -2.56. The van der Waals surface area contributed by atoms with Gasteiger partial charge in [-0.1, -0.05) is 187 Å². The van der Waals surface area contributed by atoms with Gasteiger partial charge in [0.2, 0.25) is 6.71 Å². The molecule has 0 atom stereocenters. The number of anilines is 3. The Morgan fingerprint density at radius 1 is 0.358 bits per heavy atom. The highest BCUT2D eigenvalue weighted by Crippen LogP contribution is 2.42. The molecule has 2 aromatic heterocycles. The average Bonchev–Trinajstić information content (AvgIpc) is 3.75. The van der Waals surface area contributed by atoms with Crippen molar-refractivity contribution in [2.75, 3.05) is 4.90 Å². The molecule has 13 rings (SSSR count). The molecule has 67 heavy (non-hydrogen) atoms. The molecule has 312 valence electrons. The van der Waals surface area contributed by atoms with Crippen LogP contribution in [0, 0.1) is 0 Å². The minimum Gasteiger partial charge on any atom is -0.311 e. The van der Waals surface area contributed by atoms with Crippen molar-refractivity contribution in [2.24, 2.45) is 0 Å². The Morgan fingerprint density at radius 3 is 1.60 bits per heavy atom. The van der Waals surface area contributed by atoms with Gasteiger partial charge >= 0.3 is 0 Å². The molecule has 1 aliphatic rings. The van der Waals surface area contributed by atoms with Gasteiger partial charge in [-0.15, -0.1) is 0 Å². The standard InChI is InChI=1S/C61H40BN5/c1-6-19-41(20-7-1)44-24-18-25-45(37-44)60-63-59(43-22-8-2-9-23-43)64-61(65-60)46-34-35-55-53(38-46)62(47-26-10-3-11-27-47)54-40-50(66(48-28-12-4-13-29-48)49-30-14-5-15-31-49)39-52-57-51-32-17-16-21-42(51)33-36-56(57)67(55)58(52)54/h1-40H. The lowest BCUT2D eigenvalue weighted by atomic mass is 9.35. The van der Waals surface area contributed by atoms with E-state index in [2.05, 4.69) is 228 Å². The lowest BCUT2D eigenvalue weighted by Gasteiger charge is -2.30. The van der Waals surface area contributed by atoms with Gasteiger partial charge in [-0.2, -0.15) is 0 Å². The SMILES string of the molecule is c1ccc(B2c3cc(-c4nc(-c5ccccc5)nc(-c5cccc(-c6ccccc6)c5)n4)ccc3-n3c4ccc5ccccc5c4c4cc(N(c5ccccc5)c5ccccc5)cc2c43)cc1. The zero-order valence-electron chi connectivity index (χ0n) is 36.4. The molecule has 0 fully saturated rings. The van der Waals surface area contributed by atoms with Crippen molar-refractivity contribution in [3.63, 3.8) is 0 Å². The Kier molecular flexibility index (Phi) is 9.20. The summed E-state index contributed by atoms with van der Waals surface area (Å²) in [5, 5.41) is 4.91. The fraction of sp³-hybridized carbons (Fsp3) is 0. The summed E-state index contributed by atoms with van der Waals surface area (Å²) in [4.78, 5) is 18.1. The molecule has 0 bridgehead atoms. The molecular weight excluding hydrogens is 814 g/mol. The van der Waals surface area contributed by atoms with Crippen LogP contribution in [-0.2, 0) is 0 Å². The summed E-state index contributed by atoms with van der Waals surface area (Å²) in [6.07, 6.45) is 0. The van der Waals surface area contributed by atoms with Gasteiger partial charge in [-0.3, -0.25) is 0 Å².